The quantitative estimate of drug-likeness (QED) is 0.451. The third-order valence-electron chi connectivity index (χ3n) is 4.64. The van der Waals surface area contributed by atoms with Gasteiger partial charge < -0.3 is 9.64 Å². The summed E-state index contributed by atoms with van der Waals surface area (Å²) in [6, 6.07) is 3.64. The Bertz CT molecular complexity index is 671. The van der Waals surface area contributed by atoms with Crippen LogP contribution in [0.5, 0.6) is 0 Å². The molecule has 0 bridgehead atoms. The van der Waals surface area contributed by atoms with Crippen molar-refractivity contribution in [1.82, 2.24) is 4.90 Å². The van der Waals surface area contributed by atoms with Gasteiger partial charge in [0.15, 0.2) is 6.61 Å². The van der Waals surface area contributed by atoms with E-state index in [0.29, 0.717) is 5.92 Å². The van der Waals surface area contributed by atoms with Crippen molar-refractivity contribution in [2.75, 3.05) is 13.7 Å². The average Bonchev–Trinajstić information content (AvgIpc) is 2.59. The number of nitro benzene ring substituents is 1. The largest absolute Gasteiger partial charge is 0.452 e. The van der Waals surface area contributed by atoms with Gasteiger partial charge in [-0.2, -0.15) is 0 Å². The van der Waals surface area contributed by atoms with Gasteiger partial charge in [0.25, 0.3) is 11.6 Å². The molecule has 136 valence electrons. The van der Waals surface area contributed by atoms with Gasteiger partial charge in [-0.15, -0.1) is 0 Å². The predicted octanol–water partition coefficient (Wildman–Crippen LogP) is 3.44. The van der Waals surface area contributed by atoms with Crippen LogP contribution in [-0.4, -0.2) is 41.4 Å². The van der Waals surface area contributed by atoms with Gasteiger partial charge in [-0.1, -0.05) is 18.5 Å². The van der Waals surface area contributed by atoms with Crippen LogP contribution in [0.3, 0.4) is 0 Å². The number of rotatable bonds is 5. The Morgan fingerprint density at radius 3 is 2.52 bits per heavy atom. The Balaban J connectivity index is 1.91. The summed E-state index contributed by atoms with van der Waals surface area (Å²) in [6.07, 6.45) is 4.07. The van der Waals surface area contributed by atoms with E-state index in [9.17, 15) is 19.7 Å². The number of nitrogens with zero attached hydrogens (tertiary/aromatic N) is 2. The normalized spacial score (nSPS) is 20.0. The molecular formula is C17H21ClN2O5. The molecule has 0 aliphatic heterocycles. The van der Waals surface area contributed by atoms with Crippen LogP contribution >= 0.6 is 11.6 Å². The number of esters is 1. The van der Waals surface area contributed by atoms with Crippen LogP contribution in [0.1, 0.15) is 43.0 Å². The minimum absolute atomic E-state index is 0.00536. The lowest BCUT2D eigenvalue weighted by Gasteiger charge is -2.33. The summed E-state index contributed by atoms with van der Waals surface area (Å²) >= 11 is 5.88. The molecule has 1 fully saturated rings. The topological polar surface area (TPSA) is 89.8 Å². The molecule has 1 aromatic carbocycles. The van der Waals surface area contributed by atoms with Gasteiger partial charge in [0.05, 0.1) is 15.5 Å². The lowest BCUT2D eigenvalue weighted by atomic mass is 9.87. The first kappa shape index (κ1) is 19.2. The fraction of sp³-hybridized carbons (Fsp3) is 0.529. The first-order valence-corrected chi connectivity index (χ1v) is 8.54. The molecule has 0 atom stereocenters. The third-order valence-corrected chi connectivity index (χ3v) is 4.95. The molecule has 1 aromatic rings. The Hall–Kier alpha value is -2.15. The maximum atomic E-state index is 12.2. The number of ether oxygens (including phenoxy) is 1. The number of benzene rings is 1. The lowest BCUT2D eigenvalue weighted by molar-refractivity contribution is -0.384. The summed E-state index contributed by atoms with van der Waals surface area (Å²) in [4.78, 5) is 36.0. The van der Waals surface area contributed by atoms with E-state index in [-0.39, 0.29) is 34.8 Å². The van der Waals surface area contributed by atoms with Crippen molar-refractivity contribution < 1.29 is 19.2 Å². The van der Waals surface area contributed by atoms with Crippen LogP contribution < -0.4 is 0 Å². The zero-order chi connectivity index (χ0) is 18.6. The van der Waals surface area contributed by atoms with Crippen molar-refractivity contribution in [2.45, 2.75) is 38.6 Å². The van der Waals surface area contributed by atoms with Crippen LogP contribution in [0.15, 0.2) is 18.2 Å². The molecule has 7 nitrogen and oxygen atoms in total. The Labute approximate surface area is 151 Å². The second kappa shape index (κ2) is 8.29. The minimum atomic E-state index is -0.779. The van der Waals surface area contributed by atoms with Gasteiger partial charge in [-0.3, -0.25) is 14.9 Å². The van der Waals surface area contributed by atoms with Gasteiger partial charge in [0, 0.05) is 25.2 Å². The van der Waals surface area contributed by atoms with Crippen molar-refractivity contribution in [1.29, 1.82) is 0 Å². The highest BCUT2D eigenvalue weighted by Gasteiger charge is 2.25. The second-order valence-electron chi connectivity index (χ2n) is 6.42. The molecule has 0 spiro atoms. The predicted molar refractivity (Wildman–Crippen MR) is 92.6 cm³/mol. The fourth-order valence-electron chi connectivity index (χ4n) is 2.92. The van der Waals surface area contributed by atoms with E-state index >= 15 is 0 Å². The van der Waals surface area contributed by atoms with Crippen molar-refractivity contribution in [3.8, 4) is 0 Å². The molecule has 0 radical (unpaired) electrons. The number of nitro groups is 1. The molecule has 0 heterocycles. The molecule has 1 amide bonds. The number of halogens is 1. The number of hydrogen-bond acceptors (Lipinski definition) is 5. The van der Waals surface area contributed by atoms with E-state index < -0.39 is 10.9 Å². The van der Waals surface area contributed by atoms with Crippen molar-refractivity contribution in [3.05, 3.63) is 38.9 Å². The van der Waals surface area contributed by atoms with Gasteiger partial charge in [0.2, 0.25) is 0 Å². The average molecular weight is 369 g/mol. The van der Waals surface area contributed by atoms with Crippen molar-refractivity contribution in [3.63, 3.8) is 0 Å². The smallest absolute Gasteiger partial charge is 0.340 e. The number of hydrogen-bond donors (Lipinski definition) is 0. The van der Waals surface area contributed by atoms with E-state index in [2.05, 4.69) is 6.92 Å². The minimum Gasteiger partial charge on any atom is -0.452 e. The SMILES string of the molecule is CC1CCC(N(C)C(=O)COC(=O)c2ccc([N+](=O)[O-])cc2Cl)CC1. The van der Waals surface area contributed by atoms with Gasteiger partial charge >= 0.3 is 5.97 Å². The number of carbonyl (C=O) groups excluding carboxylic acids is 2. The lowest BCUT2D eigenvalue weighted by Crippen LogP contribution is -2.41. The zero-order valence-electron chi connectivity index (χ0n) is 14.2. The molecule has 1 aliphatic carbocycles. The molecule has 0 saturated heterocycles. The molecule has 1 saturated carbocycles. The first-order valence-electron chi connectivity index (χ1n) is 8.16. The summed E-state index contributed by atoms with van der Waals surface area (Å²) in [5, 5.41) is 10.6. The Morgan fingerprint density at radius 1 is 1.32 bits per heavy atom. The van der Waals surface area contributed by atoms with Crippen LogP contribution in [0.2, 0.25) is 5.02 Å². The van der Waals surface area contributed by atoms with Gasteiger partial charge in [-0.05, 0) is 37.7 Å². The summed E-state index contributed by atoms with van der Waals surface area (Å²) in [6.45, 7) is 1.82. The van der Waals surface area contributed by atoms with Gasteiger partial charge in [-0.25, -0.2) is 4.79 Å². The molecule has 2 rings (SSSR count). The van der Waals surface area contributed by atoms with E-state index in [1.165, 1.54) is 12.1 Å². The molecule has 0 unspecified atom stereocenters. The van der Waals surface area contributed by atoms with E-state index in [4.69, 9.17) is 16.3 Å². The summed E-state index contributed by atoms with van der Waals surface area (Å²) in [5.41, 5.74) is -0.224. The monoisotopic (exact) mass is 368 g/mol. The number of non-ortho nitro benzene ring substituents is 1. The highest BCUT2D eigenvalue weighted by Crippen LogP contribution is 2.27. The Kier molecular flexibility index (Phi) is 6.36. The third kappa shape index (κ3) is 4.92. The van der Waals surface area contributed by atoms with E-state index in [1.54, 1.807) is 11.9 Å². The standard InChI is InChI=1S/C17H21ClN2O5/c1-11-3-5-12(6-4-11)19(2)16(21)10-25-17(22)14-8-7-13(20(23)24)9-15(14)18/h7-9,11-12H,3-6,10H2,1-2H3. The van der Waals surface area contributed by atoms with Gasteiger partial charge in [0.1, 0.15) is 0 Å². The van der Waals surface area contributed by atoms with Crippen molar-refractivity contribution in [2.24, 2.45) is 5.92 Å². The molecular weight excluding hydrogens is 348 g/mol. The summed E-state index contributed by atoms with van der Waals surface area (Å²) in [7, 11) is 1.72. The number of carbonyl (C=O) groups is 2. The number of likely N-dealkylation sites (N-methyl/N-ethyl adjacent to an activating group) is 1. The maximum absolute atomic E-state index is 12.2. The summed E-state index contributed by atoms with van der Waals surface area (Å²) in [5.74, 6) is -0.369. The summed E-state index contributed by atoms with van der Waals surface area (Å²) < 4.78 is 5.02. The van der Waals surface area contributed by atoms with Crippen LogP contribution in [0, 0.1) is 16.0 Å². The van der Waals surface area contributed by atoms with Crippen LogP contribution in [-0.2, 0) is 9.53 Å². The highest BCUT2D eigenvalue weighted by molar-refractivity contribution is 6.33. The fourth-order valence-corrected chi connectivity index (χ4v) is 3.18. The second-order valence-corrected chi connectivity index (χ2v) is 6.82. The van der Waals surface area contributed by atoms with E-state index in [0.717, 1.165) is 31.7 Å². The van der Waals surface area contributed by atoms with E-state index in [1.807, 2.05) is 0 Å². The highest BCUT2D eigenvalue weighted by atomic mass is 35.5. The Morgan fingerprint density at radius 2 is 1.96 bits per heavy atom. The number of amides is 1. The van der Waals surface area contributed by atoms with Crippen LogP contribution in [0.4, 0.5) is 5.69 Å². The first-order chi connectivity index (χ1) is 11.8. The molecule has 0 aromatic heterocycles. The van der Waals surface area contributed by atoms with Crippen LogP contribution in [0.25, 0.3) is 0 Å². The molecule has 0 N–H and O–H groups in total. The molecule has 25 heavy (non-hydrogen) atoms. The zero-order valence-corrected chi connectivity index (χ0v) is 15.0. The van der Waals surface area contributed by atoms with Crippen molar-refractivity contribution >= 4 is 29.2 Å². The molecule has 1 aliphatic rings. The maximum Gasteiger partial charge on any atom is 0.340 e. The molecule has 8 heteroatoms.